The van der Waals surface area contributed by atoms with Crippen LogP contribution in [0.2, 0.25) is 5.02 Å². The number of nitrogens with one attached hydrogen (secondary N) is 1. The zero-order valence-corrected chi connectivity index (χ0v) is 11.4. The molecule has 1 aliphatic heterocycles. The Morgan fingerprint density at radius 2 is 2.17 bits per heavy atom. The molecule has 0 amide bonds. The van der Waals surface area contributed by atoms with Crippen molar-refractivity contribution in [3.63, 3.8) is 0 Å². The molecule has 2 aromatic rings. The monoisotopic (exact) mass is 263 g/mol. The summed E-state index contributed by atoms with van der Waals surface area (Å²) < 4.78 is 2.09. The fraction of sp³-hybridized carbons (Fsp3) is 0.500. The summed E-state index contributed by atoms with van der Waals surface area (Å²) in [7, 11) is 0. The van der Waals surface area contributed by atoms with Crippen LogP contribution in [-0.2, 0) is 6.54 Å². The van der Waals surface area contributed by atoms with Gasteiger partial charge in [-0.15, -0.1) is 0 Å². The highest BCUT2D eigenvalue weighted by Gasteiger charge is 2.21. The molecule has 1 saturated heterocycles. The van der Waals surface area contributed by atoms with Crippen LogP contribution in [0.25, 0.3) is 10.9 Å². The number of hydrogen-bond acceptors (Lipinski definition) is 2. The van der Waals surface area contributed by atoms with E-state index in [1.54, 1.807) is 0 Å². The molecule has 3 nitrogen and oxygen atoms in total. The van der Waals surface area contributed by atoms with Crippen LogP contribution in [0.5, 0.6) is 0 Å². The van der Waals surface area contributed by atoms with E-state index in [1.807, 2.05) is 6.07 Å². The third-order valence-corrected chi connectivity index (χ3v) is 4.00. The van der Waals surface area contributed by atoms with Crippen LogP contribution in [0.15, 0.2) is 18.2 Å². The first-order valence-corrected chi connectivity index (χ1v) is 7.04. The van der Waals surface area contributed by atoms with E-state index in [9.17, 15) is 0 Å². The summed E-state index contributed by atoms with van der Waals surface area (Å²) in [6.45, 7) is 5.22. The largest absolute Gasteiger partial charge is 0.317 e. The number of benzene rings is 1. The minimum absolute atomic E-state index is 0.569. The standard InChI is InChI=1S/C14H18ClN3/c1-2-18-13-4-3-11(15)9-12(13)14(17-18)10-5-7-16-8-6-10/h3-4,9-10,16H,2,5-8H2,1H3. The predicted molar refractivity (Wildman–Crippen MR) is 75.3 cm³/mol. The Labute approximate surface area is 112 Å². The van der Waals surface area contributed by atoms with Crippen LogP contribution >= 0.6 is 11.6 Å². The lowest BCUT2D eigenvalue weighted by Crippen LogP contribution is -2.27. The molecular weight excluding hydrogens is 246 g/mol. The maximum absolute atomic E-state index is 6.13. The zero-order chi connectivity index (χ0) is 12.5. The molecule has 0 radical (unpaired) electrons. The molecule has 1 aromatic carbocycles. The number of nitrogens with zero attached hydrogens (tertiary/aromatic N) is 2. The topological polar surface area (TPSA) is 29.9 Å². The average molecular weight is 264 g/mol. The van der Waals surface area contributed by atoms with Gasteiger partial charge in [0.15, 0.2) is 0 Å². The van der Waals surface area contributed by atoms with E-state index in [0.717, 1.165) is 24.7 Å². The number of hydrogen-bond donors (Lipinski definition) is 1. The van der Waals surface area contributed by atoms with Crippen molar-refractivity contribution >= 4 is 22.5 Å². The number of piperidine rings is 1. The molecule has 0 aliphatic carbocycles. The highest BCUT2D eigenvalue weighted by molar-refractivity contribution is 6.31. The van der Waals surface area contributed by atoms with Gasteiger partial charge in [0.2, 0.25) is 0 Å². The van der Waals surface area contributed by atoms with Crippen LogP contribution in [0.4, 0.5) is 0 Å². The van der Waals surface area contributed by atoms with E-state index in [0.29, 0.717) is 5.92 Å². The third kappa shape index (κ3) is 2.02. The second-order valence-electron chi connectivity index (χ2n) is 4.89. The lowest BCUT2D eigenvalue weighted by atomic mass is 9.93. The Balaban J connectivity index is 2.12. The summed E-state index contributed by atoms with van der Waals surface area (Å²) in [5, 5.41) is 10.2. The van der Waals surface area contributed by atoms with Gasteiger partial charge >= 0.3 is 0 Å². The molecule has 4 heteroatoms. The van der Waals surface area contributed by atoms with Gasteiger partial charge in [0.05, 0.1) is 11.2 Å². The fourth-order valence-corrected chi connectivity index (χ4v) is 2.99. The van der Waals surface area contributed by atoms with Gasteiger partial charge in [-0.3, -0.25) is 4.68 Å². The van der Waals surface area contributed by atoms with Crippen molar-refractivity contribution in [3.05, 3.63) is 28.9 Å². The summed E-state index contributed by atoms with van der Waals surface area (Å²) in [5.74, 6) is 0.569. The quantitative estimate of drug-likeness (QED) is 0.902. The summed E-state index contributed by atoms with van der Waals surface area (Å²) in [5.41, 5.74) is 2.44. The molecule has 18 heavy (non-hydrogen) atoms. The summed E-state index contributed by atoms with van der Waals surface area (Å²) in [4.78, 5) is 0. The first-order chi connectivity index (χ1) is 8.79. The van der Waals surface area contributed by atoms with E-state index >= 15 is 0 Å². The van der Waals surface area contributed by atoms with E-state index < -0.39 is 0 Å². The normalized spacial score (nSPS) is 17.4. The molecule has 1 aromatic heterocycles. The molecule has 3 rings (SSSR count). The van der Waals surface area contributed by atoms with Gasteiger partial charge in [-0.1, -0.05) is 11.6 Å². The van der Waals surface area contributed by atoms with Gasteiger partial charge in [-0.05, 0) is 51.1 Å². The molecule has 1 N–H and O–H groups in total. The smallest absolute Gasteiger partial charge is 0.0735 e. The number of aromatic nitrogens is 2. The van der Waals surface area contributed by atoms with Crippen LogP contribution in [0.3, 0.4) is 0 Å². The minimum atomic E-state index is 0.569. The van der Waals surface area contributed by atoms with Crippen molar-refractivity contribution in [1.29, 1.82) is 0 Å². The van der Waals surface area contributed by atoms with Crippen molar-refractivity contribution in [2.24, 2.45) is 0 Å². The Bertz CT molecular complexity index is 555. The first kappa shape index (κ1) is 12.0. The predicted octanol–water partition coefficient (Wildman–Crippen LogP) is 3.18. The van der Waals surface area contributed by atoms with E-state index in [2.05, 4.69) is 29.1 Å². The Hall–Kier alpha value is -1.06. The fourth-order valence-electron chi connectivity index (χ4n) is 2.81. The lowest BCUT2D eigenvalue weighted by molar-refractivity contribution is 0.450. The van der Waals surface area contributed by atoms with Gasteiger partial charge in [-0.2, -0.15) is 5.10 Å². The molecule has 1 fully saturated rings. The summed E-state index contributed by atoms with van der Waals surface area (Å²) in [6, 6.07) is 6.09. The third-order valence-electron chi connectivity index (χ3n) is 3.77. The van der Waals surface area contributed by atoms with E-state index in [1.165, 1.54) is 29.4 Å². The molecule has 96 valence electrons. The number of fused-ring (bicyclic) bond motifs is 1. The zero-order valence-electron chi connectivity index (χ0n) is 10.6. The van der Waals surface area contributed by atoms with Crippen molar-refractivity contribution in [2.45, 2.75) is 32.2 Å². The van der Waals surface area contributed by atoms with Gasteiger partial charge in [0.1, 0.15) is 0 Å². The van der Waals surface area contributed by atoms with Gasteiger partial charge < -0.3 is 5.32 Å². The molecule has 0 unspecified atom stereocenters. The highest BCUT2D eigenvalue weighted by atomic mass is 35.5. The number of rotatable bonds is 2. The second kappa shape index (κ2) is 4.90. The number of halogens is 1. The van der Waals surface area contributed by atoms with Crippen LogP contribution < -0.4 is 5.32 Å². The first-order valence-electron chi connectivity index (χ1n) is 6.66. The molecule has 1 aliphatic rings. The highest BCUT2D eigenvalue weighted by Crippen LogP contribution is 2.32. The molecule has 2 heterocycles. The number of aryl methyl sites for hydroxylation is 1. The van der Waals surface area contributed by atoms with Crippen molar-refractivity contribution in [3.8, 4) is 0 Å². The van der Waals surface area contributed by atoms with E-state index in [4.69, 9.17) is 16.7 Å². The van der Waals surface area contributed by atoms with Gasteiger partial charge in [0.25, 0.3) is 0 Å². The Morgan fingerprint density at radius 1 is 1.39 bits per heavy atom. The average Bonchev–Trinajstić information content (AvgIpc) is 2.77. The van der Waals surface area contributed by atoms with E-state index in [-0.39, 0.29) is 0 Å². The Kier molecular flexibility index (Phi) is 3.27. The Morgan fingerprint density at radius 3 is 2.89 bits per heavy atom. The molecule has 0 atom stereocenters. The maximum Gasteiger partial charge on any atom is 0.0735 e. The molecular formula is C14H18ClN3. The van der Waals surface area contributed by atoms with Gasteiger partial charge in [0, 0.05) is 22.9 Å². The van der Waals surface area contributed by atoms with Crippen molar-refractivity contribution in [2.75, 3.05) is 13.1 Å². The van der Waals surface area contributed by atoms with Gasteiger partial charge in [-0.25, -0.2) is 0 Å². The maximum atomic E-state index is 6.13. The summed E-state index contributed by atoms with van der Waals surface area (Å²) >= 11 is 6.13. The van der Waals surface area contributed by atoms with Crippen molar-refractivity contribution < 1.29 is 0 Å². The molecule has 0 spiro atoms. The molecule has 0 saturated carbocycles. The van der Waals surface area contributed by atoms with Crippen LogP contribution in [0, 0.1) is 0 Å². The van der Waals surface area contributed by atoms with Crippen LogP contribution in [0.1, 0.15) is 31.4 Å². The lowest BCUT2D eigenvalue weighted by Gasteiger charge is -2.21. The second-order valence-corrected chi connectivity index (χ2v) is 5.32. The van der Waals surface area contributed by atoms with Crippen LogP contribution in [-0.4, -0.2) is 22.9 Å². The van der Waals surface area contributed by atoms with Crippen molar-refractivity contribution in [1.82, 2.24) is 15.1 Å². The molecule has 0 bridgehead atoms. The SMILES string of the molecule is CCn1nc(C2CCNCC2)c2cc(Cl)ccc21. The minimum Gasteiger partial charge on any atom is -0.317 e. The summed E-state index contributed by atoms with van der Waals surface area (Å²) in [6.07, 6.45) is 2.34.